The van der Waals surface area contributed by atoms with Crippen molar-refractivity contribution in [1.82, 2.24) is 9.97 Å². The summed E-state index contributed by atoms with van der Waals surface area (Å²) in [6.07, 6.45) is 6.19. The molecule has 0 aliphatic rings. The molecule has 0 atom stereocenters. The number of esters is 1. The molecule has 1 heterocycles. The van der Waals surface area contributed by atoms with E-state index < -0.39 is 0 Å². The van der Waals surface area contributed by atoms with E-state index in [9.17, 15) is 4.79 Å². The highest BCUT2D eigenvalue weighted by Crippen LogP contribution is 1.95. The summed E-state index contributed by atoms with van der Waals surface area (Å²) < 4.78 is 4.79. The SMILES string of the molecule is C=CC(=O)OCCCc1ncc[nH]1. The van der Waals surface area contributed by atoms with Crippen LogP contribution in [0.5, 0.6) is 0 Å². The van der Waals surface area contributed by atoms with Gasteiger partial charge in [0.25, 0.3) is 0 Å². The van der Waals surface area contributed by atoms with Crippen molar-refractivity contribution >= 4 is 5.97 Å². The predicted octanol–water partition coefficient (Wildman–Crippen LogP) is 1.07. The molecule has 0 aliphatic heterocycles. The first-order valence-electron chi connectivity index (χ1n) is 4.10. The van der Waals surface area contributed by atoms with E-state index in [2.05, 4.69) is 16.5 Å². The van der Waals surface area contributed by atoms with Crippen LogP contribution in [0.4, 0.5) is 0 Å². The first-order chi connectivity index (χ1) is 6.33. The van der Waals surface area contributed by atoms with Gasteiger partial charge in [-0.25, -0.2) is 9.78 Å². The minimum atomic E-state index is -0.376. The van der Waals surface area contributed by atoms with E-state index in [1.54, 1.807) is 12.4 Å². The molecule has 0 saturated heterocycles. The molecule has 4 nitrogen and oxygen atoms in total. The van der Waals surface area contributed by atoms with E-state index in [0.29, 0.717) is 6.61 Å². The number of carbonyl (C=O) groups is 1. The Bertz CT molecular complexity index is 267. The number of aromatic nitrogens is 2. The number of nitrogens with one attached hydrogen (secondary N) is 1. The van der Waals surface area contributed by atoms with E-state index in [1.807, 2.05) is 0 Å². The maximum absolute atomic E-state index is 10.6. The van der Waals surface area contributed by atoms with Crippen LogP contribution in [0.3, 0.4) is 0 Å². The first kappa shape index (κ1) is 9.51. The van der Waals surface area contributed by atoms with Crippen molar-refractivity contribution in [3.05, 3.63) is 30.9 Å². The lowest BCUT2D eigenvalue weighted by Crippen LogP contribution is -2.03. The van der Waals surface area contributed by atoms with Crippen LogP contribution >= 0.6 is 0 Å². The van der Waals surface area contributed by atoms with E-state index >= 15 is 0 Å². The summed E-state index contributed by atoms with van der Waals surface area (Å²) in [5.74, 6) is 0.536. The van der Waals surface area contributed by atoms with Gasteiger partial charge in [0, 0.05) is 24.9 Å². The Morgan fingerprint density at radius 3 is 3.23 bits per heavy atom. The fourth-order valence-corrected chi connectivity index (χ4v) is 0.906. The number of H-pyrrole nitrogens is 1. The summed E-state index contributed by atoms with van der Waals surface area (Å²) in [5, 5.41) is 0. The maximum atomic E-state index is 10.6. The summed E-state index contributed by atoms with van der Waals surface area (Å²) in [7, 11) is 0. The summed E-state index contributed by atoms with van der Waals surface area (Å²) >= 11 is 0. The zero-order valence-electron chi connectivity index (χ0n) is 7.32. The van der Waals surface area contributed by atoms with E-state index in [0.717, 1.165) is 24.7 Å². The minimum Gasteiger partial charge on any atom is -0.463 e. The molecular weight excluding hydrogens is 168 g/mol. The normalized spacial score (nSPS) is 9.54. The molecule has 1 aromatic heterocycles. The Morgan fingerprint density at radius 2 is 2.62 bits per heavy atom. The zero-order valence-corrected chi connectivity index (χ0v) is 7.32. The zero-order chi connectivity index (χ0) is 9.52. The van der Waals surface area contributed by atoms with Crippen molar-refractivity contribution in [3.8, 4) is 0 Å². The topological polar surface area (TPSA) is 55.0 Å². The summed E-state index contributed by atoms with van der Waals surface area (Å²) in [5.41, 5.74) is 0. The van der Waals surface area contributed by atoms with Crippen LogP contribution in [0.2, 0.25) is 0 Å². The predicted molar refractivity (Wildman–Crippen MR) is 48.1 cm³/mol. The molecule has 0 radical (unpaired) electrons. The molecule has 0 bridgehead atoms. The van der Waals surface area contributed by atoms with Crippen LogP contribution in [-0.4, -0.2) is 22.5 Å². The second kappa shape index (κ2) is 5.13. The van der Waals surface area contributed by atoms with E-state index in [-0.39, 0.29) is 5.97 Å². The molecule has 0 saturated carbocycles. The largest absolute Gasteiger partial charge is 0.463 e. The van der Waals surface area contributed by atoms with Crippen molar-refractivity contribution in [2.75, 3.05) is 6.61 Å². The lowest BCUT2D eigenvalue weighted by atomic mass is 10.3. The molecule has 0 aromatic carbocycles. The molecule has 4 heteroatoms. The quantitative estimate of drug-likeness (QED) is 0.419. The van der Waals surface area contributed by atoms with Crippen molar-refractivity contribution in [3.63, 3.8) is 0 Å². The van der Waals surface area contributed by atoms with Gasteiger partial charge in [0.15, 0.2) is 0 Å². The number of ether oxygens (including phenoxy) is 1. The van der Waals surface area contributed by atoms with E-state index in [1.165, 1.54) is 0 Å². The number of imidazole rings is 1. The standard InChI is InChI=1S/C9H12N2O2/c1-2-9(12)13-7-3-4-8-10-5-6-11-8/h2,5-6H,1,3-4,7H2,(H,10,11). The van der Waals surface area contributed by atoms with Gasteiger partial charge in [-0.1, -0.05) is 6.58 Å². The van der Waals surface area contributed by atoms with Gasteiger partial charge >= 0.3 is 5.97 Å². The average molecular weight is 180 g/mol. The van der Waals surface area contributed by atoms with Gasteiger partial charge < -0.3 is 9.72 Å². The van der Waals surface area contributed by atoms with Crippen LogP contribution in [0.1, 0.15) is 12.2 Å². The van der Waals surface area contributed by atoms with Crippen molar-refractivity contribution < 1.29 is 9.53 Å². The molecule has 1 aromatic rings. The van der Waals surface area contributed by atoms with Gasteiger partial charge in [-0.05, 0) is 6.42 Å². The second-order valence-corrected chi connectivity index (χ2v) is 2.51. The Labute approximate surface area is 76.6 Å². The molecule has 0 amide bonds. The Morgan fingerprint density at radius 1 is 1.77 bits per heavy atom. The van der Waals surface area contributed by atoms with Gasteiger partial charge in [0.2, 0.25) is 0 Å². The third-order valence-corrected chi connectivity index (χ3v) is 1.52. The third-order valence-electron chi connectivity index (χ3n) is 1.52. The van der Waals surface area contributed by atoms with Crippen molar-refractivity contribution in [2.45, 2.75) is 12.8 Å². The maximum Gasteiger partial charge on any atom is 0.330 e. The number of carbonyl (C=O) groups excluding carboxylic acids is 1. The van der Waals surface area contributed by atoms with Gasteiger partial charge in [-0.15, -0.1) is 0 Å². The van der Waals surface area contributed by atoms with Crippen LogP contribution in [-0.2, 0) is 16.0 Å². The van der Waals surface area contributed by atoms with E-state index in [4.69, 9.17) is 4.74 Å². The average Bonchev–Trinajstić information content (AvgIpc) is 2.64. The highest BCUT2D eigenvalue weighted by atomic mass is 16.5. The Hall–Kier alpha value is -1.58. The van der Waals surface area contributed by atoms with Crippen LogP contribution < -0.4 is 0 Å². The summed E-state index contributed by atoms with van der Waals surface area (Å²) in [6.45, 7) is 3.70. The van der Waals surface area contributed by atoms with Crippen LogP contribution in [0, 0.1) is 0 Å². The number of nitrogens with zero attached hydrogens (tertiary/aromatic N) is 1. The fraction of sp³-hybridized carbons (Fsp3) is 0.333. The highest BCUT2D eigenvalue weighted by Gasteiger charge is 1.97. The van der Waals surface area contributed by atoms with Gasteiger partial charge in [-0.2, -0.15) is 0 Å². The monoisotopic (exact) mass is 180 g/mol. The van der Waals surface area contributed by atoms with Gasteiger partial charge in [0.1, 0.15) is 5.82 Å². The Kier molecular flexibility index (Phi) is 3.75. The minimum absolute atomic E-state index is 0.376. The molecule has 1 N–H and O–H groups in total. The number of aryl methyl sites for hydroxylation is 1. The second-order valence-electron chi connectivity index (χ2n) is 2.51. The van der Waals surface area contributed by atoms with Crippen LogP contribution in [0.15, 0.2) is 25.0 Å². The molecule has 0 unspecified atom stereocenters. The van der Waals surface area contributed by atoms with Crippen LogP contribution in [0.25, 0.3) is 0 Å². The molecule has 1 rings (SSSR count). The van der Waals surface area contributed by atoms with Crippen molar-refractivity contribution in [2.24, 2.45) is 0 Å². The molecular formula is C9H12N2O2. The smallest absolute Gasteiger partial charge is 0.330 e. The third kappa shape index (κ3) is 3.55. The number of hydrogen-bond acceptors (Lipinski definition) is 3. The molecule has 0 aliphatic carbocycles. The first-order valence-corrected chi connectivity index (χ1v) is 4.10. The summed E-state index contributed by atoms with van der Waals surface area (Å²) in [4.78, 5) is 17.6. The summed E-state index contributed by atoms with van der Waals surface area (Å²) in [6, 6.07) is 0. The molecule has 0 spiro atoms. The fourth-order valence-electron chi connectivity index (χ4n) is 0.906. The number of aromatic amines is 1. The number of hydrogen-bond donors (Lipinski definition) is 1. The number of rotatable bonds is 5. The van der Waals surface area contributed by atoms with Crippen molar-refractivity contribution in [1.29, 1.82) is 0 Å². The van der Waals surface area contributed by atoms with Gasteiger partial charge in [-0.3, -0.25) is 0 Å². The Balaban J connectivity index is 2.08. The molecule has 0 fully saturated rings. The molecule has 13 heavy (non-hydrogen) atoms. The highest BCUT2D eigenvalue weighted by molar-refractivity contribution is 5.81. The molecule has 70 valence electrons. The lowest BCUT2D eigenvalue weighted by molar-refractivity contribution is -0.137. The van der Waals surface area contributed by atoms with Gasteiger partial charge in [0.05, 0.1) is 6.61 Å². The lowest BCUT2D eigenvalue weighted by Gasteiger charge is -1.99.